The summed E-state index contributed by atoms with van der Waals surface area (Å²) in [7, 11) is 1.62. The Morgan fingerprint density at radius 2 is 2.12 bits per heavy atom. The first kappa shape index (κ1) is 16.7. The maximum atomic E-state index is 12.5. The molecule has 2 atom stereocenters. The van der Waals surface area contributed by atoms with Gasteiger partial charge < -0.3 is 16.0 Å². The molecule has 1 aromatic heterocycles. The van der Waals surface area contributed by atoms with Crippen molar-refractivity contribution in [1.82, 2.24) is 15.2 Å². The molecule has 1 aromatic carbocycles. The summed E-state index contributed by atoms with van der Waals surface area (Å²) in [5.74, 6) is -0.0492. The summed E-state index contributed by atoms with van der Waals surface area (Å²) >= 11 is 0. The van der Waals surface area contributed by atoms with E-state index in [9.17, 15) is 9.59 Å². The number of carbonyl (C=O) groups is 1. The number of fused-ring (bicyclic) bond motifs is 1. The number of amides is 1. The monoisotopic (exact) mass is 328 g/mol. The lowest BCUT2D eigenvalue weighted by Gasteiger charge is -2.22. The molecule has 2 aromatic rings. The molecule has 0 saturated carbocycles. The van der Waals surface area contributed by atoms with Crippen LogP contribution in [0.15, 0.2) is 23.0 Å². The number of aromatic amines is 1. The van der Waals surface area contributed by atoms with Crippen LogP contribution in [0.25, 0.3) is 10.9 Å². The highest BCUT2D eigenvalue weighted by Gasteiger charge is 2.34. The van der Waals surface area contributed by atoms with Crippen LogP contribution in [0.3, 0.4) is 0 Å². The third-order valence-corrected chi connectivity index (χ3v) is 4.73. The Kier molecular flexibility index (Phi) is 4.43. The molecule has 0 aliphatic carbocycles. The molecular formula is C18H24N4O2. The van der Waals surface area contributed by atoms with Gasteiger partial charge >= 0.3 is 0 Å². The molecule has 0 bridgehead atoms. The number of hydrogen-bond donors (Lipinski definition) is 3. The van der Waals surface area contributed by atoms with Crippen LogP contribution >= 0.6 is 0 Å². The van der Waals surface area contributed by atoms with Gasteiger partial charge in [-0.05, 0) is 43.4 Å². The third-order valence-electron chi connectivity index (χ3n) is 4.73. The summed E-state index contributed by atoms with van der Waals surface area (Å²) in [4.78, 5) is 29.5. The van der Waals surface area contributed by atoms with E-state index in [-0.39, 0.29) is 23.6 Å². The zero-order chi connectivity index (χ0) is 17.4. The van der Waals surface area contributed by atoms with Crippen molar-refractivity contribution in [3.8, 4) is 0 Å². The standard InChI is InChI=1S/C18H24N4O2/c1-10-4-11(2)16-12(5-10)6-13(17(23)21-16)8-22-9-14(19)7-15(22)18(24)20-3/h4-6,14-15H,7-9,19H2,1-3H3,(H,20,24)(H,21,23)/t14-,15-/m0/s1. The van der Waals surface area contributed by atoms with Crippen LogP contribution in [-0.4, -0.2) is 41.5 Å². The topological polar surface area (TPSA) is 91.2 Å². The normalized spacial score (nSPS) is 21.3. The highest BCUT2D eigenvalue weighted by molar-refractivity contribution is 5.83. The second kappa shape index (κ2) is 6.37. The van der Waals surface area contributed by atoms with Gasteiger partial charge in [0.15, 0.2) is 0 Å². The average Bonchev–Trinajstić information content (AvgIpc) is 2.89. The Labute approximate surface area is 141 Å². The number of aryl methyl sites for hydroxylation is 2. The van der Waals surface area contributed by atoms with Crippen LogP contribution in [-0.2, 0) is 11.3 Å². The van der Waals surface area contributed by atoms with Crippen molar-refractivity contribution in [3.05, 3.63) is 45.2 Å². The SMILES string of the molecule is CNC(=O)[C@@H]1C[C@H](N)CN1Cc1cc2cc(C)cc(C)c2[nH]c1=O. The number of H-pyrrole nitrogens is 1. The van der Waals surface area contributed by atoms with E-state index in [1.165, 1.54) is 0 Å². The number of benzene rings is 1. The van der Waals surface area contributed by atoms with E-state index in [0.29, 0.717) is 25.1 Å². The van der Waals surface area contributed by atoms with Crippen LogP contribution in [0.1, 0.15) is 23.1 Å². The minimum atomic E-state index is -0.278. The molecule has 3 rings (SSSR count). The summed E-state index contributed by atoms with van der Waals surface area (Å²) in [6.45, 7) is 5.07. The molecule has 6 heteroatoms. The number of nitrogens with zero attached hydrogens (tertiary/aromatic N) is 1. The van der Waals surface area contributed by atoms with E-state index in [2.05, 4.69) is 22.4 Å². The van der Waals surface area contributed by atoms with Crippen LogP contribution in [0, 0.1) is 13.8 Å². The van der Waals surface area contributed by atoms with E-state index in [1.54, 1.807) is 7.05 Å². The second-order valence-corrected chi connectivity index (χ2v) is 6.73. The molecule has 0 unspecified atom stereocenters. The summed E-state index contributed by atoms with van der Waals surface area (Å²) in [6.07, 6.45) is 0.614. The Morgan fingerprint density at radius 1 is 1.38 bits per heavy atom. The Hall–Kier alpha value is -2.18. The van der Waals surface area contributed by atoms with E-state index in [1.807, 2.05) is 24.8 Å². The molecule has 0 radical (unpaired) electrons. The molecule has 2 heterocycles. The zero-order valence-corrected chi connectivity index (χ0v) is 14.3. The number of rotatable bonds is 3. The predicted octanol–water partition coefficient (Wildman–Crippen LogP) is 0.793. The van der Waals surface area contributed by atoms with Crippen LogP contribution in [0.2, 0.25) is 0 Å². The fraction of sp³-hybridized carbons (Fsp3) is 0.444. The molecule has 1 aliphatic rings. The number of likely N-dealkylation sites (tertiary alicyclic amines) is 1. The third kappa shape index (κ3) is 3.07. The van der Waals surface area contributed by atoms with Gasteiger partial charge in [-0.25, -0.2) is 0 Å². The largest absolute Gasteiger partial charge is 0.358 e. The van der Waals surface area contributed by atoms with Crippen molar-refractivity contribution >= 4 is 16.8 Å². The number of hydrogen-bond acceptors (Lipinski definition) is 4. The number of nitrogens with two attached hydrogens (primary N) is 1. The highest BCUT2D eigenvalue weighted by Crippen LogP contribution is 2.22. The predicted molar refractivity (Wildman–Crippen MR) is 94.9 cm³/mol. The van der Waals surface area contributed by atoms with E-state index >= 15 is 0 Å². The molecular weight excluding hydrogens is 304 g/mol. The van der Waals surface area contributed by atoms with Crippen molar-refractivity contribution in [1.29, 1.82) is 0 Å². The molecule has 1 fully saturated rings. The molecule has 4 N–H and O–H groups in total. The first-order valence-electron chi connectivity index (χ1n) is 8.23. The summed E-state index contributed by atoms with van der Waals surface area (Å²) in [6, 6.07) is 5.72. The number of carbonyl (C=O) groups excluding carboxylic acids is 1. The maximum Gasteiger partial charge on any atom is 0.252 e. The average molecular weight is 328 g/mol. The van der Waals surface area contributed by atoms with Crippen LogP contribution in [0.5, 0.6) is 0 Å². The van der Waals surface area contributed by atoms with E-state index < -0.39 is 0 Å². The summed E-state index contributed by atoms with van der Waals surface area (Å²) < 4.78 is 0. The molecule has 6 nitrogen and oxygen atoms in total. The van der Waals surface area contributed by atoms with E-state index in [0.717, 1.165) is 22.0 Å². The van der Waals surface area contributed by atoms with Gasteiger partial charge in [-0.15, -0.1) is 0 Å². The summed E-state index contributed by atoms with van der Waals surface area (Å²) in [5, 5.41) is 3.70. The maximum absolute atomic E-state index is 12.5. The molecule has 1 saturated heterocycles. The van der Waals surface area contributed by atoms with Crippen molar-refractivity contribution in [2.24, 2.45) is 5.73 Å². The highest BCUT2D eigenvalue weighted by atomic mass is 16.2. The van der Waals surface area contributed by atoms with Gasteiger partial charge in [0.1, 0.15) is 0 Å². The van der Waals surface area contributed by atoms with Crippen LogP contribution < -0.4 is 16.6 Å². The van der Waals surface area contributed by atoms with Gasteiger partial charge in [0.25, 0.3) is 5.56 Å². The minimum Gasteiger partial charge on any atom is -0.358 e. The quantitative estimate of drug-likeness (QED) is 0.777. The first-order chi connectivity index (χ1) is 11.4. The number of aromatic nitrogens is 1. The Balaban J connectivity index is 1.96. The van der Waals surface area contributed by atoms with Crippen molar-refractivity contribution < 1.29 is 4.79 Å². The summed E-state index contributed by atoms with van der Waals surface area (Å²) in [5.41, 5.74) is 9.66. The Morgan fingerprint density at radius 3 is 2.83 bits per heavy atom. The van der Waals surface area contributed by atoms with Gasteiger partial charge in [-0.2, -0.15) is 0 Å². The Bertz CT molecular complexity index is 843. The van der Waals surface area contributed by atoms with Gasteiger partial charge in [0.2, 0.25) is 5.91 Å². The molecule has 1 aliphatic heterocycles. The zero-order valence-electron chi connectivity index (χ0n) is 14.3. The fourth-order valence-electron chi connectivity index (χ4n) is 3.62. The van der Waals surface area contributed by atoms with E-state index in [4.69, 9.17) is 5.73 Å². The van der Waals surface area contributed by atoms with Gasteiger partial charge in [0, 0.05) is 31.7 Å². The molecule has 1 amide bonds. The number of likely N-dealkylation sites (N-methyl/N-ethyl adjacent to an activating group) is 1. The molecule has 24 heavy (non-hydrogen) atoms. The van der Waals surface area contributed by atoms with Crippen molar-refractivity contribution in [2.75, 3.05) is 13.6 Å². The molecule has 128 valence electrons. The lowest BCUT2D eigenvalue weighted by atomic mass is 10.0. The fourth-order valence-corrected chi connectivity index (χ4v) is 3.62. The lowest BCUT2D eigenvalue weighted by molar-refractivity contribution is -0.125. The number of nitrogens with one attached hydrogen (secondary N) is 2. The first-order valence-corrected chi connectivity index (χ1v) is 8.23. The second-order valence-electron chi connectivity index (χ2n) is 6.73. The molecule has 0 spiro atoms. The van der Waals surface area contributed by atoms with Crippen molar-refractivity contribution in [2.45, 2.75) is 38.9 Å². The van der Waals surface area contributed by atoms with Gasteiger partial charge in [0.05, 0.1) is 11.6 Å². The van der Waals surface area contributed by atoms with Crippen LogP contribution in [0.4, 0.5) is 0 Å². The lowest BCUT2D eigenvalue weighted by Crippen LogP contribution is -2.42. The number of pyridine rings is 1. The minimum absolute atomic E-state index is 0.0451. The smallest absolute Gasteiger partial charge is 0.252 e. The van der Waals surface area contributed by atoms with Crippen molar-refractivity contribution in [3.63, 3.8) is 0 Å². The van der Waals surface area contributed by atoms with Gasteiger partial charge in [-0.1, -0.05) is 11.6 Å². The van der Waals surface area contributed by atoms with Gasteiger partial charge in [-0.3, -0.25) is 14.5 Å².